The zero-order chi connectivity index (χ0) is 47.1. The number of nitrogens with one attached hydrogen (secondary N) is 3. The van der Waals surface area contributed by atoms with Crippen molar-refractivity contribution in [2.45, 2.75) is 101 Å². The number of fused-ring (bicyclic) bond motifs is 1. The molecule has 2 aromatic carbocycles. The SMILES string of the molecule is CC(C)c1ccccc1[C@@H]1COCCN1C1CC2(CCN(c3ccc(C(=O)NS(=O)(=O)c4cnc(NC[C@H]5CC[C@](C)(O)CC5)c([N+](=O)[O-])c4)c(Oc4cnc5[nH]cc(C#N)c5c4)c3)CC2)C1. The third-order valence-electron chi connectivity index (χ3n) is 14.5. The molecule has 0 radical (unpaired) electrons. The van der Waals surface area contributed by atoms with Gasteiger partial charge in [-0.25, -0.2) is 23.1 Å². The van der Waals surface area contributed by atoms with Gasteiger partial charge in [-0.05, 0) is 105 Å². The summed E-state index contributed by atoms with van der Waals surface area (Å²) in [4.78, 5) is 41.2. The number of anilines is 2. The summed E-state index contributed by atoms with van der Waals surface area (Å²) in [6.45, 7) is 10.5. The number of sulfonamides is 1. The van der Waals surface area contributed by atoms with Crippen LogP contribution in [0, 0.1) is 32.8 Å². The van der Waals surface area contributed by atoms with Gasteiger partial charge >= 0.3 is 5.69 Å². The number of hydrogen-bond acceptors (Lipinski definition) is 14. The molecule has 2 saturated carbocycles. The van der Waals surface area contributed by atoms with Gasteiger partial charge in [-0.1, -0.05) is 38.1 Å². The van der Waals surface area contributed by atoms with Crippen molar-refractivity contribution in [1.82, 2.24) is 24.6 Å². The lowest BCUT2D eigenvalue weighted by molar-refractivity contribution is -0.384. The Hall–Kier alpha value is -6.13. The maximum Gasteiger partial charge on any atom is 0.312 e. The van der Waals surface area contributed by atoms with Crippen molar-refractivity contribution in [3.8, 4) is 17.6 Å². The molecule has 2 aliphatic carbocycles. The first-order chi connectivity index (χ1) is 32.1. The lowest BCUT2D eigenvalue weighted by Crippen LogP contribution is -2.58. The largest absolute Gasteiger partial charge is 0.455 e. The molecule has 2 aliphatic heterocycles. The molecular weight excluding hydrogens is 875 g/mol. The predicted molar refractivity (Wildman–Crippen MR) is 252 cm³/mol. The van der Waals surface area contributed by atoms with Crippen molar-refractivity contribution in [1.29, 1.82) is 5.26 Å². The van der Waals surface area contributed by atoms with E-state index in [-0.39, 0.29) is 40.3 Å². The van der Waals surface area contributed by atoms with Gasteiger partial charge in [0.05, 0.1) is 53.3 Å². The van der Waals surface area contributed by atoms with Crippen molar-refractivity contribution in [2.75, 3.05) is 49.6 Å². The number of pyridine rings is 2. The number of aliphatic hydroxyl groups is 1. The van der Waals surface area contributed by atoms with Crippen LogP contribution in [0.25, 0.3) is 11.0 Å². The molecule has 1 amide bonds. The quantitative estimate of drug-likeness (QED) is 0.0649. The molecule has 2 saturated heterocycles. The monoisotopic (exact) mass is 931 g/mol. The van der Waals surface area contributed by atoms with E-state index in [4.69, 9.17) is 9.47 Å². The molecule has 5 heterocycles. The second-order valence-electron chi connectivity index (χ2n) is 19.4. The van der Waals surface area contributed by atoms with Gasteiger partial charge in [0.25, 0.3) is 15.9 Å². The van der Waals surface area contributed by atoms with Crippen LogP contribution >= 0.6 is 0 Å². The van der Waals surface area contributed by atoms with Crippen molar-refractivity contribution >= 4 is 44.2 Å². The van der Waals surface area contributed by atoms with Gasteiger partial charge in [0.15, 0.2) is 0 Å². The molecular formula is C49H57N9O8S. The Bertz CT molecular complexity index is 2820. The van der Waals surface area contributed by atoms with E-state index in [2.05, 4.69) is 79.0 Å². The number of carbonyl (C=O) groups is 1. The Morgan fingerprint density at radius 2 is 1.84 bits per heavy atom. The van der Waals surface area contributed by atoms with E-state index in [1.165, 1.54) is 29.6 Å². The van der Waals surface area contributed by atoms with Gasteiger partial charge in [0.1, 0.15) is 28.1 Å². The summed E-state index contributed by atoms with van der Waals surface area (Å²) < 4.78 is 41.9. The molecule has 17 nitrogen and oxygen atoms in total. The number of aromatic amines is 1. The molecule has 5 aromatic rings. The number of H-pyrrole nitrogens is 1. The van der Waals surface area contributed by atoms with Crippen LogP contribution in [-0.4, -0.2) is 95.2 Å². The van der Waals surface area contributed by atoms with Crippen molar-refractivity contribution in [3.63, 3.8) is 0 Å². The summed E-state index contributed by atoms with van der Waals surface area (Å²) in [6, 6.07) is 19.1. The number of nitrogens with zero attached hydrogens (tertiary/aromatic N) is 6. The number of nitro groups is 1. The van der Waals surface area contributed by atoms with E-state index in [1.807, 2.05) is 0 Å². The number of rotatable bonds is 13. The first-order valence-corrected chi connectivity index (χ1v) is 24.6. The third kappa shape index (κ3) is 9.69. The average molecular weight is 932 g/mol. The minimum absolute atomic E-state index is 0.0531. The standard InChI is InChI=1S/C49H57N9O8S/c1-31(2)38-6-4-5-7-39(38)43-30-65-19-18-57(43)35-23-49(24-35)14-16-56(17-15-49)34-8-9-40(44(20-34)66-36-21-41-33(25-50)27-52-45(41)53-28-36)47(59)55-67(63,64)37-22-42(58(61)62)46(54-29-37)51-26-32-10-12-48(3,60)13-11-32/h4-9,20-22,27-29,31-32,35,43,60H,10-19,23-24,26,30H2,1-3H3,(H,51,54)(H,52,53)(H,55,59)/t32-,43-,48-/m0/s1. The van der Waals surface area contributed by atoms with Crippen molar-refractivity contribution < 1.29 is 32.7 Å². The smallest absolute Gasteiger partial charge is 0.312 e. The summed E-state index contributed by atoms with van der Waals surface area (Å²) in [7, 11) is -4.68. The van der Waals surface area contributed by atoms with Gasteiger partial charge < -0.3 is 29.8 Å². The summed E-state index contributed by atoms with van der Waals surface area (Å²) >= 11 is 0. The molecule has 18 heteroatoms. The van der Waals surface area contributed by atoms with E-state index < -0.39 is 37.0 Å². The highest BCUT2D eigenvalue weighted by molar-refractivity contribution is 7.90. The zero-order valence-corrected chi connectivity index (χ0v) is 38.9. The van der Waals surface area contributed by atoms with E-state index in [9.17, 15) is 33.7 Å². The first-order valence-electron chi connectivity index (χ1n) is 23.2. The molecule has 4 fully saturated rings. The minimum atomic E-state index is -4.68. The zero-order valence-electron chi connectivity index (χ0n) is 38.0. The highest BCUT2D eigenvalue weighted by Crippen LogP contribution is 2.53. The number of hydrogen-bond donors (Lipinski definition) is 4. The van der Waals surface area contributed by atoms with Crippen LogP contribution < -0.4 is 19.7 Å². The Balaban J connectivity index is 0.915. The third-order valence-corrected chi connectivity index (χ3v) is 15.8. The molecule has 352 valence electrons. The van der Waals surface area contributed by atoms with Gasteiger partial charge in [0.2, 0.25) is 5.82 Å². The van der Waals surface area contributed by atoms with Crippen molar-refractivity contribution in [2.24, 2.45) is 11.3 Å². The lowest BCUT2D eigenvalue weighted by atomic mass is 9.59. The highest BCUT2D eigenvalue weighted by Gasteiger charge is 2.50. The highest BCUT2D eigenvalue weighted by atomic mass is 32.2. The number of piperidine rings is 1. The molecule has 67 heavy (non-hydrogen) atoms. The van der Waals surface area contributed by atoms with Crippen LogP contribution in [0.5, 0.6) is 11.5 Å². The van der Waals surface area contributed by atoms with Gasteiger partial charge in [-0.3, -0.25) is 19.8 Å². The maximum atomic E-state index is 14.0. The second-order valence-corrected chi connectivity index (χ2v) is 21.1. The lowest BCUT2D eigenvalue weighted by Gasteiger charge is -2.57. The Kier molecular flexibility index (Phi) is 12.7. The molecule has 3 aromatic heterocycles. The summed E-state index contributed by atoms with van der Waals surface area (Å²) in [5, 5.41) is 35.6. The number of morpholine rings is 1. The summed E-state index contributed by atoms with van der Waals surface area (Å²) in [6.07, 6.45) is 10.8. The number of benzene rings is 2. The van der Waals surface area contributed by atoms with Gasteiger partial charge in [-0.15, -0.1) is 0 Å². The van der Waals surface area contributed by atoms with Crippen molar-refractivity contribution in [3.05, 3.63) is 106 Å². The van der Waals surface area contributed by atoms with E-state index >= 15 is 0 Å². The van der Waals surface area contributed by atoms with Crippen LogP contribution in [0.3, 0.4) is 0 Å². The number of aromatic nitrogens is 3. The van der Waals surface area contributed by atoms with Crippen LogP contribution in [0.2, 0.25) is 0 Å². The molecule has 1 spiro atoms. The fraction of sp³-hybridized carbons (Fsp3) is 0.469. The fourth-order valence-electron chi connectivity index (χ4n) is 10.6. The number of amides is 1. The van der Waals surface area contributed by atoms with E-state index in [1.54, 1.807) is 25.1 Å². The van der Waals surface area contributed by atoms with Crippen LogP contribution in [0.4, 0.5) is 17.2 Å². The summed E-state index contributed by atoms with van der Waals surface area (Å²) in [5.74, 6) is -0.281. The van der Waals surface area contributed by atoms with E-state index in [0.717, 1.165) is 82.7 Å². The van der Waals surface area contributed by atoms with Crippen LogP contribution in [0.1, 0.15) is 111 Å². The maximum absolute atomic E-state index is 14.0. The molecule has 4 aliphatic rings. The fourth-order valence-corrected chi connectivity index (χ4v) is 11.5. The Morgan fingerprint density at radius 3 is 2.57 bits per heavy atom. The Morgan fingerprint density at radius 1 is 1.07 bits per heavy atom. The minimum Gasteiger partial charge on any atom is -0.455 e. The number of carbonyl (C=O) groups excluding carboxylic acids is 1. The molecule has 1 atom stereocenters. The summed E-state index contributed by atoms with van der Waals surface area (Å²) in [5.41, 5.74) is 3.16. The second kappa shape index (κ2) is 18.5. The topological polar surface area (TPSA) is 229 Å². The molecule has 0 unspecified atom stereocenters. The van der Waals surface area contributed by atoms with E-state index in [0.29, 0.717) is 54.5 Å². The van der Waals surface area contributed by atoms with Crippen LogP contribution in [-0.2, 0) is 14.8 Å². The number of nitriles is 1. The predicted octanol–water partition coefficient (Wildman–Crippen LogP) is 7.95. The van der Waals surface area contributed by atoms with Gasteiger partial charge in [0, 0.05) is 61.6 Å². The normalized spacial score (nSPS) is 22.3. The number of ether oxygens (including phenoxy) is 2. The molecule has 9 rings (SSSR count). The first kappa shape index (κ1) is 46.0. The van der Waals surface area contributed by atoms with Crippen LogP contribution in [0.15, 0.2) is 78.1 Å². The molecule has 4 N–H and O–H groups in total. The van der Waals surface area contributed by atoms with Gasteiger partial charge in [-0.2, -0.15) is 5.26 Å². The Labute approximate surface area is 390 Å². The molecule has 0 bridgehead atoms. The average Bonchev–Trinajstić information content (AvgIpc) is 3.72.